The van der Waals surface area contributed by atoms with Gasteiger partial charge < -0.3 is 20.1 Å². The van der Waals surface area contributed by atoms with E-state index in [0.29, 0.717) is 31.1 Å². The Bertz CT molecular complexity index is 1180. The van der Waals surface area contributed by atoms with Crippen LogP contribution in [0.3, 0.4) is 0 Å². The van der Waals surface area contributed by atoms with Gasteiger partial charge in [-0.2, -0.15) is 0 Å². The summed E-state index contributed by atoms with van der Waals surface area (Å²) in [5.74, 6) is 0.616. The number of hydrogen-bond acceptors (Lipinski definition) is 8. The van der Waals surface area contributed by atoms with E-state index < -0.39 is 21.4 Å². The maximum absolute atomic E-state index is 13.2. The van der Waals surface area contributed by atoms with Gasteiger partial charge in [0.25, 0.3) is 0 Å². The summed E-state index contributed by atoms with van der Waals surface area (Å²) in [5, 5.41) is 7.22. The maximum Gasteiger partial charge on any atom is 0.410 e. The molecule has 2 fully saturated rings. The molecule has 3 N–H and O–H groups in total. The fourth-order valence-corrected chi connectivity index (χ4v) is 6.17. The zero-order valence-electron chi connectivity index (χ0n) is 20.0. The standard InChI is InChI=1S/C25H31N5O5S/c26-11-10-23(27)24-9-8-21(13-28-24)34-18-20-7-4-12-30(14-20)36(32,33)22-15-29(16-22)25(31)35-17-19-5-2-1-3-6-19/h1-3,5-6,8-11,13,20,22,27H,4,7,12,14-18,26H2/t20-/m1/s1. The molecule has 0 saturated carbocycles. The monoisotopic (exact) mass is 513 g/mol. The molecule has 10 nitrogen and oxygen atoms in total. The van der Waals surface area contributed by atoms with Crippen molar-refractivity contribution in [2.75, 3.05) is 32.8 Å². The number of benzene rings is 1. The van der Waals surface area contributed by atoms with Crippen molar-refractivity contribution in [1.82, 2.24) is 14.2 Å². The summed E-state index contributed by atoms with van der Waals surface area (Å²) >= 11 is 0. The number of nitrogens with two attached hydrogens (primary N) is 1. The lowest BCUT2D eigenvalue weighted by atomic mass is 10.0. The highest BCUT2D eigenvalue weighted by Crippen LogP contribution is 2.26. The fraction of sp³-hybridized carbons (Fsp3) is 0.400. The molecule has 2 aromatic rings. The van der Waals surface area contributed by atoms with Crippen LogP contribution in [0.25, 0.3) is 0 Å². The van der Waals surface area contributed by atoms with Crippen LogP contribution in [-0.2, 0) is 21.4 Å². The van der Waals surface area contributed by atoms with Gasteiger partial charge in [-0.25, -0.2) is 17.5 Å². The molecule has 0 unspecified atom stereocenters. The number of piperidine rings is 1. The molecule has 2 saturated heterocycles. The van der Waals surface area contributed by atoms with Crippen molar-refractivity contribution in [3.05, 3.63) is 72.2 Å². The van der Waals surface area contributed by atoms with Gasteiger partial charge >= 0.3 is 6.09 Å². The Morgan fingerprint density at radius 1 is 1.17 bits per heavy atom. The zero-order chi connectivity index (χ0) is 25.5. The summed E-state index contributed by atoms with van der Waals surface area (Å²) in [7, 11) is -3.52. The van der Waals surface area contributed by atoms with Gasteiger partial charge in [0, 0.05) is 32.1 Å². The number of rotatable bonds is 9. The first-order valence-corrected chi connectivity index (χ1v) is 13.4. The second-order valence-electron chi connectivity index (χ2n) is 8.94. The molecule has 36 heavy (non-hydrogen) atoms. The van der Waals surface area contributed by atoms with Crippen LogP contribution in [0.15, 0.2) is 60.9 Å². The molecule has 11 heteroatoms. The minimum Gasteiger partial charge on any atom is -0.492 e. The summed E-state index contributed by atoms with van der Waals surface area (Å²) in [5.41, 5.74) is 6.88. The number of nitrogens with zero attached hydrogens (tertiary/aromatic N) is 3. The highest BCUT2D eigenvalue weighted by molar-refractivity contribution is 7.89. The average molecular weight is 514 g/mol. The Balaban J connectivity index is 1.23. The zero-order valence-corrected chi connectivity index (χ0v) is 20.8. The van der Waals surface area contributed by atoms with Crippen LogP contribution in [0.4, 0.5) is 4.79 Å². The first kappa shape index (κ1) is 25.6. The summed E-state index contributed by atoms with van der Waals surface area (Å²) in [6.45, 7) is 1.66. The Kier molecular flexibility index (Phi) is 8.21. The third-order valence-corrected chi connectivity index (χ3v) is 8.53. The van der Waals surface area contributed by atoms with E-state index in [1.807, 2.05) is 30.3 Å². The largest absolute Gasteiger partial charge is 0.492 e. The van der Waals surface area contributed by atoms with Crippen molar-refractivity contribution in [2.24, 2.45) is 11.7 Å². The molecule has 0 aliphatic carbocycles. The van der Waals surface area contributed by atoms with Crippen molar-refractivity contribution in [3.8, 4) is 5.75 Å². The van der Waals surface area contributed by atoms with Crippen molar-refractivity contribution in [1.29, 1.82) is 5.41 Å². The van der Waals surface area contributed by atoms with Gasteiger partial charge in [-0.1, -0.05) is 30.3 Å². The Labute approximate surface area is 211 Å². The van der Waals surface area contributed by atoms with Gasteiger partial charge in [0.05, 0.1) is 24.2 Å². The van der Waals surface area contributed by atoms with E-state index in [1.54, 1.807) is 18.3 Å². The summed E-state index contributed by atoms with van der Waals surface area (Å²) < 4.78 is 39.0. The number of carbonyl (C=O) groups is 1. The Morgan fingerprint density at radius 3 is 2.64 bits per heavy atom. The number of sulfonamides is 1. The molecule has 1 atom stereocenters. The maximum atomic E-state index is 13.2. The van der Waals surface area contributed by atoms with Gasteiger partial charge in [-0.05, 0) is 42.8 Å². The number of nitrogens with one attached hydrogen (secondary N) is 1. The van der Waals surface area contributed by atoms with Crippen LogP contribution >= 0.6 is 0 Å². The van der Waals surface area contributed by atoms with Crippen LogP contribution in [-0.4, -0.2) is 72.4 Å². The number of ether oxygens (including phenoxy) is 2. The van der Waals surface area contributed by atoms with E-state index in [-0.39, 0.29) is 31.3 Å². The molecule has 1 amide bonds. The molecule has 1 aromatic heterocycles. The number of allylic oxidation sites excluding steroid dienone is 1. The van der Waals surface area contributed by atoms with Crippen LogP contribution in [0.2, 0.25) is 0 Å². The molecule has 0 spiro atoms. The number of hydrogen-bond donors (Lipinski definition) is 2. The number of aromatic nitrogens is 1. The quantitative estimate of drug-likeness (QED) is 0.491. The smallest absolute Gasteiger partial charge is 0.410 e. The number of carbonyl (C=O) groups excluding carboxylic acids is 1. The fourth-order valence-electron chi connectivity index (χ4n) is 4.21. The summed E-state index contributed by atoms with van der Waals surface area (Å²) in [6, 6.07) is 12.8. The van der Waals surface area contributed by atoms with Crippen molar-refractivity contribution in [2.45, 2.75) is 24.7 Å². The molecule has 2 aliphatic rings. The molecular weight excluding hydrogens is 482 g/mol. The second kappa shape index (κ2) is 11.5. The van der Waals surface area contributed by atoms with Gasteiger partial charge in [0.1, 0.15) is 17.6 Å². The van der Waals surface area contributed by atoms with E-state index in [9.17, 15) is 13.2 Å². The predicted molar refractivity (Wildman–Crippen MR) is 135 cm³/mol. The van der Waals surface area contributed by atoms with E-state index in [1.165, 1.54) is 21.5 Å². The Morgan fingerprint density at radius 2 is 1.94 bits per heavy atom. The SMILES string of the molecule is N=C(C=CN)c1ccc(OC[C@@H]2CCCN(S(=O)(=O)C3CN(C(=O)OCc4ccccc4)C3)C2)cn1. The molecule has 0 bridgehead atoms. The molecule has 4 rings (SSSR count). The lowest BCUT2D eigenvalue weighted by molar-refractivity contribution is 0.0755. The van der Waals surface area contributed by atoms with Gasteiger partial charge in [-0.3, -0.25) is 10.4 Å². The van der Waals surface area contributed by atoms with E-state index >= 15 is 0 Å². The average Bonchev–Trinajstić information content (AvgIpc) is 2.86. The Hall–Kier alpha value is -3.44. The van der Waals surface area contributed by atoms with Gasteiger partial charge in [0.2, 0.25) is 10.0 Å². The lowest BCUT2D eigenvalue weighted by Crippen LogP contribution is -2.61. The predicted octanol–water partition coefficient (Wildman–Crippen LogP) is 2.36. The van der Waals surface area contributed by atoms with E-state index in [4.69, 9.17) is 20.6 Å². The van der Waals surface area contributed by atoms with Gasteiger partial charge in [-0.15, -0.1) is 0 Å². The molecular formula is C25H31N5O5S. The first-order valence-electron chi connectivity index (χ1n) is 11.9. The third-order valence-electron chi connectivity index (χ3n) is 6.34. The van der Waals surface area contributed by atoms with E-state index in [2.05, 4.69) is 4.98 Å². The number of pyridine rings is 1. The molecule has 0 radical (unpaired) electrons. The van der Waals surface area contributed by atoms with Crippen LogP contribution < -0.4 is 10.5 Å². The molecule has 1 aromatic carbocycles. The van der Waals surface area contributed by atoms with Crippen LogP contribution in [0.5, 0.6) is 5.75 Å². The second-order valence-corrected chi connectivity index (χ2v) is 11.2. The topological polar surface area (TPSA) is 139 Å². The third kappa shape index (κ3) is 6.21. The lowest BCUT2D eigenvalue weighted by Gasteiger charge is -2.41. The molecule has 192 valence electrons. The number of likely N-dealkylation sites (tertiary alicyclic amines) is 1. The minimum atomic E-state index is -3.52. The summed E-state index contributed by atoms with van der Waals surface area (Å²) in [4.78, 5) is 17.9. The van der Waals surface area contributed by atoms with Crippen LogP contribution in [0.1, 0.15) is 24.1 Å². The first-order chi connectivity index (χ1) is 17.4. The van der Waals surface area contributed by atoms with E-state index in [0.717, 1.165) is 18.4 Å². The van der Waals surface area contributed by atoms with Crippen LogP contribution in [0, 0.1) is 11.3 Å². The van der Waals surface area contributed by atoms with Crippen molar-refractivity contribution >= 4 is 21.8 Å². The molecule has 2 aliphatic heterocycles. The van der Waals surface area contributed by atoms with Gasteiger partial charge in [0.15, 0.2) is 0 Å². The normalized spacial score (nSPS) is 19.1. The van der Waals surface area contributed by atoms with Crippen molar-refractivity contribution in [3.63, 3.8) is 0 Å². The molecule has 3 heterocycles. The highest BCUT2D eigenvalue weighted by atomic mass is 32.2. The minimum absolute atomic E-state index is 0.0543. The summed E-state index contributed by atoms with van der Waals surface area (Å²) in [6.07, 6.45) is 5.41. The number of amides is 1. The highest BCUT2D eigenvalue weighted by Gasteiger charge is 2.44. The van der Waals surface area contributed by atoms with Crippen molar-refractivity contribution < 1.29 is 22.7 Å².